The maximum atomic E-state index is 6.38. The van der Waals surface area contributed by atoms with E-state index >= 15 is 0 Å². The van der Waals surface area contributed by atoms with E-state index in [1.807, 2.05) is 25.1 Å². The quantitative estimate of drug-likeness (QED) is 0.368. The van der Waals surface area contributed by atoms with Crippen molar-refractivity contribution in [2.24, 2.45) is 0 Å². The number of benzene rings is 1. The van der Waals surface area contributed by atoms with Crippen LogP contribution in [0.15, 0.2) is 18.2 Å². The Morgan fingerprint density at radius 2 is 1.74 bits per heavy atom. The van der Waals surface area contributed by atoms with Crippen molar-refractivity contribution < 1.29 is 4.74 Å². The van der Waals surface area contributed by atoms with Crippen LogP contribution in [0.4, 0.5) is 23.5 Å². The summed E-state index contributed by atoms with van der Waals surface area (Å²) in [6, 6.07) is 6.53. The van der Waals surface area contributed by atoms with Crippen molar-refractivity contribution in [1.29, 1.82) is 0 Å². The zero-order valence-electron chi connectivity index (χ0n) is 20.4. The van der Waals surface area contributed by atoms with Crippen molar-refractivity contribution in [1.82, 2.24) is 19.9 Å². The molecule has 1 saturated carbocycles. The lowest BCUT2D eigenvalue weighted by Crippen LogP contribution is -2.35. The summed E-state index contributed by atoms with van der Waals surface area (Å²) < 4.78 is 5.55. The molecule has 1 aliphatic heterocycles. The van der Waals surface area contributed by atoms with E-state index in [0.29, 0.717) is 47.3 Å². The lowest BCUT2D eigenvalue weighted by Gasteiger charge is -2.23. The average Bonchev–Trinajstić information content (AvgIpc) is 3.14. The third-order valence-electron chi connectivity index (χ3n) is 6.71. The van der Waals surface area contributed by atoms with Gasteiger partial charge in [0.15, 0.2) is 0 Å². The maximum absolute atomic E-state index is 6.38. The number of rotatable bonds is 10. The van der Waals surface area contributed by atoms with E-state index in [1.54, 1.807) is 0 Å². The first-order chi connectivity index (χ1) is 16.6. The first-order valence-corrected chi connectivity index (χ1v) is 13.2. The molecule has 1 aromatic heterocycles. The Hall–Kier alpha value is -2.32. The van der Waals surface area contributed by atoms with Gasteiger partial charge in [-0.3, -0.25) is 4.90 Å². The molecule has 0 radical (unpaired) electrons. The SMILES string of the molecule is CCOc1ccc(Nc2nc(NCC3CCCN3CC)nc(NC3CCCCCC3)n2)cc1Cl. The summed E-state index contributed by atoms with van der Waals surface area (Å²) in [5, 5.41) is 10.9. The molecule has 9 heteroatoms. The Morgan fingerprint density at radius 3 is 2.47 bits per heavy atom. The van der Waals surface area contributed by atoms with Crippen LogP contribution in [0.3, 0.4) is 0 Å². The highest BCUT2D eigenvalue weighted by atomic mass is 35.5. The van der Waals surface area contributed by atoms with Gasteiger partial charge >= 0.3 is 0 Å². The van der Waals surface area contributed by atoms with Crippen LogP contribution >= 0.6 is 11.6 Å². The molecule has 1 atom stereocenters. The third-order valence-corrected chi connectivity index (χ3v) is 7.01. The molecule has 1 saturated heterocycles. The van der Waals surface area contributed by atoms with E-state index in [2.05, 4.69) is 37.7 Å². The number of halogens is 1. The van der Waals surface area contributed by atoms with Crippen LogP contribution in [-0.4, -0.2) is 58.2 Å². The van der Waals surface area contributed by atoms with Crippen LogP contribution in [-0.2, 0) is 0 Å². The largest absolute Gasteiger partial charge is 0.492 e. The minimum atomic E-state index is 0.399. The molecule has 3 N–H and O–H groups in total. The van der Waals surface area contributed by atoms with Gasteiger partial charge in [-0.1, -0.05) is 44.2 Å². The van der Waals surface area contributed by atoms with E-state index in [1.165, 1.54) is 45.1 Å². The average molecular weight is 488 g/mol. The predicted octanol–water partition coefficient (Wildman–Crippen LogP) is 5.70. The van der Waals surface area contributed by atoms with Gasteiger partial charge in [-0.25, -0.2) is 0 Å². The topological polar surface area (TPSA) is 87.2 Å². The minimum Gasteiger partial charge on any atom is -0.492 e. The maximum Gasteiger partial charge on any atom is 0.233 e. The smallest absolute Gasteiger partial charge is 0.233 e. The lowest BCUT2D eigenvalue weighted by molar-refractivity contribution is 0.277. The molecule has 4 rings (SSSR count). The Kier molecular flexibility index (Phi) is 9.04. The van der Waals surface area contributed by atoms with Crippen LogP contribution in [0.25, 0.3) is 0 Å². The third kappa shape index (κ3) is 6.85. The highest BCUT2D eigenvalue weighted by Gasteiger charge is 2.23. The summed E-state index contributed by atoms with van der Waals surface area (Å²) >= 11 is 6.38. The molecular weight excluding hydrogens is 450 g/mol. The van der Waals surface area contributed by atoms with Gasteiger partial charge in [0.25, 0.3) is 0 Å². The highest BCUT2D eigenvalue weighted by molar-refractivity contribution is 6.32. The first-order valence-electron chi connectivity index (χ1n) is 12.8. The van der Waals surface area contributed by atoms with E-state index < -0.39 is 0 Å². The second-order valence-corrected chi connectivity index (χ2v) is 9.56. The summed E-state index contributed by atoms with van der Waals surface area (Å²) in [4.78, 5) is 16.6. The van der Waals surface area contributed by atoms with Gasteiger partial charge in [-0.2, -0.15) is 15.0 Å². The van der Waals surface area contributed by atoms with Crippen LogP contribution < -0.4 is 20.7 Å². The van der Waals surface area contributed by atoms with Crippen molar-refractivity contribution in [2.45, 2.75) is 77.3 Å². The summed E-state index contributed by atoms with van der Waals surface area (Å²) in [6.07, 6.45) is 9.87. The van der Waals surface area contributed by atoms with Crippen molar-refractivity contribution >= 4 is 35.1 Å². The van der Waals surface area contributed by atoms with E-state index in [-0.39, 0.29) is 0 Å². The number of hydrogen-bond donors (Lipinski definition) is 3. The minimum absolute atomic E-state index is 0.399. The summed E-state index contributed by atoms with van der Waals surface area (Å²) in [5.74, 6) is 2.37. The standard InChI is InChI=1S/C25H38ClN7O/c1-3-33-15-9-12-20(33)17-27-23-30-24(28-18-10-7-5-6-8-11-18)32-25(31-23)29-19-13-14-22(34-4-2)21(26)16-19/h13-14,16,18,20H,3-12,15,17H2,1-2H3,(H3,27,28,29,30,31,32). The number of hydrogen-bond acceptors (Lipinski definition) is 8. The van der Waals surface area contributed by atoms with Gasteiger partial charge in [0.1, 0.15) is 5.75 Å². The number of anilines is 4. The second kappa shape index (κ2) is 12.4. The monoisotopic (exact) mass is 487 g/mol. The van der Waals surface area contributed by atoms with Gasteiger partial charge in [-0.15, -0.1) is 0 Å². The molecule has 0 amide bonds. The molecule has 0 spiro atoms. The van der Waals surface area contributed by atoms with Gasteiger partial charge in [0, 0.05) is 24.3 Å². The van der Waals surface area contributed by atoms with Gasteiger partial charge < -0.3 is 20.7 Å². The van der Waals surface area contributed by atoms with Gasteiger partial charge in [-0.05, 0) is 63.9 Å². The highest BCUT2D eigenvalue weighted by Crippen LogP contribution is 2.29. The van der Waals surface area contributed by atoms with Crippen LogP contribution in [0.2, 0.25) is 5.02 Å². The predicted molar refractivity (Wildman–Crippen MR) is 140 cm³/mol. The molecule has 2 aromatic rings. The fourth-order valence-corrected chi connectivity index (χ4v) is 5.15. The fourth-order valence-electron chi connectivity index (χ4n) is 4.91. The fraction of sp³-hybridized carbons (Fsp3) is 0.640. The normalized spacial score (nSPS) is 19.6. The number of nitrogens with zero attached hydrogens (tertiary/aromatic N) is 4. The molecule has 2 heterocycles. The second-order valence-electron chi connectivity index (χ2n) is 9.15. The van der Waals surface area contributed by atoms with Crippen molar-refractivity contribution in [3.05, 3.63) is 23.2 Å². The molecule has 2 fully saturated rings. The molecular formula is C25H38ClN7O. The summed E-state index contributed by atoms with van der Waals surface area (Å²) in [7, 11) is 0. The van der Waals surface area contributed by atoms with Gasteiger partial charge in [0.05, 0.1) is 11.6 Å². The summed E-state index contributed by atoms with van der Waals surface area (Å²) in [6.45, 7) is 7.80. The van der Waals surface area contributed by atoms with Gasteiger partial charge in [0.2, 0.25) is 17.8 Å². The van der Waals surface area contributed by atoms with Crippen molar-refractivity contribution in [3.8, 4) is 5.75 Å². The number of likely N-dealkylation sites (N-methyl/N-ethyl adjacent to an activating group) is 1. The van der Waals surface area contributed by atoms with E-state index in [0.717, 1.165) is 31.6 Å². The molecule has 34 heavy (non-hydrogen) atoms. The lowest BCUT2D eigenvalue weighted by atomic mass is 10.1. The molecule has 0 bridgehead atoms. The molecule has 8 nitrogen and oxygen atoms in total. The van der Waals surface area contributed by atoms with Crippen molar-refractivity contribution in [3.63, 3.8) is 0 Å². The van der Waals surface area contributed by atoms with Crippen LogP contribution in [0, 0.1) is 0 Å². The molecule has 1 aliphatic carbocycles. The van der Waals surface area contributed by atoms with Crippen molar-refractivity contribution in [2.75, 3.05) is 42.2 Å². The number of aromatic nitrogens is 3. The van der Waals surface area contributed by atoms with E-state index in [9.17, 15) is 0 Å². The van der Waals surface area contributed by atoms with Crippen LogP contribution in [0.5, 0.6) is 5.75 Å². The van der Waals surface area contributed by atoms with Crippen LogP contribution in [0.1, 0.15) is 65.2 Å². The first kappa shape index (κ1) is 24.8. The molecule has 2 aliphatic rings. The van der Waals surface area contributed by atoms with E-state index in [4.69, 9.17) is 21.3 Å². The zero-order valence-corrected chi connectivity index (χ0v) is 21.2. The number of nitrogens with one attached hydrogen (secondary N) is 3. The molecule has 1 unspecified atom stereocenters. The Bertz CT molecular complexity index is 920. The number of likely N-dealkylation sites (tertiary alicyclic amines) is 1. The molecule has 186 valence electrons. The Morgan fingerprint density at radius 1 is 0.971 bits per heavy atom. The Labute approximate surface area is 208 Å². The molecule has 1 aromatic carbocycles. The Balaban J connectivity index is 1.51. The summed E-state index contributed by atoms with van der Waals surface area (Å²) in [5.41, 5.74) is 0.805. The zero-order chi connectivity index (χ0) is 23.8. The number of ether oxygens (including phenoxy) is 1.